The zero-order valence-electron chi connectivity index (χ0n) is 11.2. The number of carboxylic acid groups (broad SMARTS) is 1. The molecule has 0 fully saturated rings. The molecule has 0 atom stereocenters. The summed E-state index contributed by atoms with van der Waals surface area (Å²) >= 11 is 0. The number of aliphatic carboxylic acids is 1. The smallest absolute Gasteiger partial charge is 0.328 e. The van der Waals surface area contributed by atoms with Crippen LogP contribution in [0.1, 0.15) is 18.1 Å². The number of aryl methyl sites for hydroxylation is 1. The van der Waals surface area contributed by atoms with Crippen LogP contribution in [0.4, 0.5) is 0 Å². The lowest BCUT2D eigenvalue weighted by molar-refractivity contribution is -0.131. The monoisotopic (exact) mass is 272 g/mol. The average molecular weight is 272 g/mol. The first-order valence-electron chi connectivity index (χ1n) is 6.32. The van der Waals surface area contributed by atoms with Gasteiger partial charge in [-0.2, -0.15) is 5.10 Å². The van der Waals surface area contributed by atoms with E-state index in [1.807, 2.05) is 42.1 Å². The quantitative estimate of drug-likeness (QED) is 0.821. The van der Waals surface area contributed by atoms with E-state index in [1.54, 1.807) is 6.20 Å². The maximum Gasteiger partial charge on any atom is 0.328 e. The molecule has 2 rings (SSSR count). The van der Waals surface area contributed by atoms with Gasteiger partial charge in [0.15, 0.2) is 0 Å². The molecule has 0 aliphatic carbocycles. The second-order valence-electron chi connectivity index (χ2n) is 4.23. The Labute approximate surface area is 117 Å². The lowest BCUT2D eigenvalue weighted by Gasteiger charge is -2.04. The highest BCUT2D eigenvalue weighted by atomic mass is 16.5. The zero-order chi connectivity index (χ0) is 14.4. The van der Waals surface area contributed by atoms with E-state index in [1.165, 1.54) is 6.08 Å². The molecule has 1 heterocycles. The van der Waals surface area contributed by atoms with E-state index in [0.717, 1.165) is 29.5 Å². The molecule has 0 aliphatic heterocycles. The first kappa shape index (κ1) is 13.9. The largest absolute Gasteiger partial charge is 0.489 e. The Bertz CT molecular complexity index is 600. The maximum absolute atomic E-state index is 10.4. The van der Waals surface area contributed by atoms with Gasteiger partial charge < -0.3 is 9.84 Å². The van der Waals surface area contributed by atoms with Crippen LogP contribution in [0, 0.1) is 0 Å². The minimum Gasteiger partial charge on any atom is -0.489 e. The molecule has 20 heavy (non-hydrogen) atoms. The molecule has 0 bridgehead atoms. The molecule has 5 nitrogen and oxygen atoms in total. The van der Waals surface area contributed by atoms with Gasteiger partial charge in [-0.3, -0.25) is 4.68 Å². The number of rotatable bonds is 6. The van der Waals surface area contributed by atoms with Gasteiger partial charge >= 0.3 is 5.97 Å². The van der Waals surface area contributed by atoms with Gasteiger partial charge in [-0.15, -0.1) is 0 Å². The summed E-state index contributed by atoms with van der Waals surface area (Å²) in [5, 5.41) is 12.7. The summed E-state index contributed by atoms with van der Waals surface area (Å²) < 4.78 is 7.48. The van der Waals surface area contributed by atoms with E-state index in [-0.39, 0.29) is 0 Å². The third kappa shape index (κ3) is 3.98. The first-order chi connectivity index (χ1) is 9.67. The Hall–Kier alpha value is -2.56. The summed E-state index contributed by atoms with van der Waals surface area (Å²) in [6, 6.07) is 7.24. The molecular formula is C15H16N2O3. The van der Waals surface area contributed by atoms with Crippen molar-refractivity contribution in [1.29, 1.82) is 0 Å². The minimum atomic E-state index is -0.960. The van der Waals surface area contributed by atoms with Crippen LogP contribution in [0.25, 0.3) is 6.08 Å². The Morgan fingerprint density at radius 1 is 1.40 bits per heavy atom. The molecule has 5 heteroatoms. The third-order valence-electron chi connectivity index (χ3n) is 2.71. The highest BCUT2D eigenvalue weighted by Crippen LogP contribution is 2.15. The van der Waals surface area contributed by atoms with Crippen LogP contribution in [0.15, 0.2) is 42.7 Å². The van der Waals surface area contributed by atoms with Crippen molar-refractivity contribution in [3.8, 4) is 5.75 Å². The van der Waals surface area contributed by atoms with Crippen LogP contribution in [-0.4, -0.2) is 20.9 Å². The van der Waals surface area contributed by atoms with E-state index >= 15 is 0 Å². The van der Waals surface area contributed by atoms with Crippen molar-refractivity contribution in [1.82, 2.24) is 9.78 Å². The lowest BCUT2D eigenvalue weighted by Crippen LogP contribution is -1.95. The second kappa shape index (κ2) is 6.56. The average Bonchev–Trinajstić information content (AvgIpc) is 2.92. The number of aromatic nitrogens is 2. The number of hydrogen-bond acceptors (Lipinski definition) is 3. The zero-order valence-corrected chi connectivity index (χ0v) is 11.2. The summed E-state index contributed by atoms with van der Waals surface area (Å²) in [5.41, 5.74) is 1.83. The maximum atomic E-state index is 10.4. The number of benzene rings is 1. The van der Waals surface area contributed by atoms with E-state index in [9.17, 15) is 4.79 Å². The third-order valence-corrected chi connectivity index (χ3v) is 2.71. The molecule has 1 N–H and O–H groups in total. The van der Waals surface area contributed by atoms with E-state index < -0.39 is 5.97 Å². The number of carboxylic acids is 1. The molecule has 0 aliphatic rings. The molecule has 1 aromatic heterocycles. The van der Waals surface area contributed by atoms with E-state index in [4.69, 9.17) is 9.84 Å². The Morgan fingerprint density at radius 2 is 2.15 bits per heavy atom. The van der Waals surface area contributed by atoms with Gasteiger partial charge in [-0.25, -0.2) is 4.79 Å². The van der Waals surface area contributed by atoms with Gasteiger partial charge in [0, 0.05) is 24.4 Å². The van der Waals surface area contributed by atoms with Gasteiger partial charge in [0.1, 0.15) is 12.4 Å². The first-order valence-corrected chi connectivity index (χ1v) is 6.32. The highest BCUT2D eigenvalue weighted by molar-refractivity contribution is 5.85. The van der Waals surface area contributed by atoms with Crippen LogP contribution in [0.5, 0.6) is 5.75 Å². The molecule has 0 amide bonds. The van der Waals surface area contributed by atoms with Crippen molar-refractivity contribution in [2.45, 2.75) is 20.1 Å². The lowest BCUT2D eigenvalue weighted by atomic mass is 10.2. The number of hydrogen-bond donors (Lipinski definition) is 1. The predicted octanol–water partition coefficient (Wildman–Crippen LogP) is 2.58. The van der Waals surface area contributed by atoms with Gasteiger partial charge in [0.25, 0.3) is 0 Å². The number of carbonyl (C=O) groups is 1. The molecular weight excluding hydrogens is 256 g/mol. The summed E-state index contributed by atoms with van der Waals surface area (Å²) in [4.78, 5) is 10.4. The molecule has 104 valence electrons. The number of ether oxygens (including phenoxy) is 1. The SMILES string of the molecule is CCn1cc(COc2ccc(C=CC(=O)O)cc2)cn1. The number of nitrogens with zero attached hydrogens (tertiary/aromatic N) is 2. The molecule has 0 spiro atoms. The molecule has 0 radical (unpaired) electrons. The fourth-order valence-corrected chi connectivity index (χ4v) is 1.66. The Kier molecular flexibility index (Phi) is 4.55. The Morgan fingerprint density at radius 3 is 2.75 bits per heavy atom. The van der Waals surface area contributed by atoms with Crippen molar-refractivity contribution in [3.05, 3.63) is 53.9 Å². The predicted molar refractivity (Wildman–Crippen MR) is 75.3 cm³/mol. The normalized spacial score (nSPS) is 10.8. The van der Waals surface area contributed by atoms with Crippen LogP contribution < -0.4 is 4.74 Å². The van der Waals surface area contributed by atoms with Crippen molar-refractivity contribution in [2.24, 2.45) is 0 Å². The van der Waals surface area contributed by atoms with Crippen molar-refractivity contribution in [3.63, 3.8) is 0 Å². The summed E-state index contributed by atoms with van der Waals surface area (Å²) in [7, 11) is 0. The van der Waals surface area contributed by atoms with Crippen LogP contribution >= 0.6 is 0 Å². The van der Waals surface area contributed by atoms with Gasteiger partial charge in [-0.1, -0.05) is 12.1 Å². The standard InChI is InChI=1S/C15H16N2O3/c1-2-17-10-13(9-16-17)11-20-14-6-3-12(4-7-14)5-8-15(18)19/h3-10H,2,11H2,1H3,(H,18,19). The van der Waals surface area contributed by atoms with Crippen molar-refractivity contribution >= 4 is 12.0 Å². The Balaban J connectivity index is 1.92. The van der Waals surface area contributed by atoms with Crippen LogP contribution in [0.2, 0.25) is 0 Å². The topological polar surface area (TPSA) is 64.3 Å². The van der Waals surface area contributed by atoms with Gasteiger partial charge in [-0.05, 0) is 30.7 Å². The van der Waals surface area contributed by atoms with Crippen LogP contribution in [0.3, 0.4) is 0 Å². The van der Waals surface area contributed by atoms with Crippen molar-refractivity contribution in [2.75, 3.05) is 0 Å². The summed E-state index contributed by atoms with van der Waals surface area (Å²) in [5.74, 6) is -0.222. The van der Waals surface area contributed by atoms with Crippen LogP contribution in [-0.2, 0) is 17.9 Å². The highest BCUT2D eigenvalue weighted by Gasteiger charge is 1.99. The molecule has 0 unspecified atom stereocenters. The fourth-order valence-electron chi connectivity index (χ4n) is 1.66. The molecule has 2 aromatic rings. The summed E-state index contributed by atoms with van der Waals surface area (Å²) in [6.45, 7) is 3.33. The van der Waals surface area contributed by atoms with Gasteiger partial charge in [0.2, 0.25) is 0 Å². The fraction of sp³-hybridized carbons (Fsp3) is 0.200. The second-order valence-corrected chi connectivity index (χ2v) is 4.23. The summed E-state index contributed by atoms with van der Waals surface area (Å²) in [6.07, 6.45) is 6.38. The minimum absolute atomic E-state index is 0.463. The van der Waals surface area contributed by atoms with E-state index in [2.05, 4.69) is 5.10 Å². The van der Waals surface area contributed by atoms with Crippen molar-refractivity contribution < 1.29 is 14.6 Å². The molecule has 1 aromatic carbocycles. The van der Waals surface area contributed by atoms with Gasteiger partial charge in [0.05, 0.1) is 6.20 Å². The molecule has 0 saturated heterocycles. The van der Waals surface area contributed by atoms with E-state index in [0.29, 0.717) is 6.61 Å². The molecule has 0 saturated carbocycles.